The fourth-order valence-corrected chi connectivity index (χ4v) is 4.66. The van der Waals surface area contributed by atoms with E-state index in [1.54, 1.807) is 7.05 Å². The molecule has 1 saturated carbocycles. The highest BCUT2D eigenvalue weighted by atomic mass is 79.9. The van der Waals surface area contributed by atoms with Crippen molar-refractivity contribution in [2.24, 2.45) is 7.05 Å². The Morgan fingerprint density at radius 1 is 1.07 bits per heavy atom. The van der Waals surface area contributed by atoms with Crippen molar-refractivity contribution in [3.63, 3.8) is 0 Å². The second kappa shape index (κ2) is 7.62. The van der Waals surface area contributed by atoms with E-state index in [0.29, 0.717) is 19.1 Å². The first kappa shape index (κ1) is 18.5. The first-order valence-corrected chi connectivity index (χ1v) is 10.5. The molecule has 0 radical (unpaired) electrons. The molecule has 7 heteroatoms. The Labute approximate surface area is 167 Å². The summed E-state index contributed by atoms with van der Waals surface area (Å²) in [6.07, 6.45) is 6.22. The van der Waals surface area contributed by atoms with Gasteiger partial charge in [0, 0.05) is 42.1 Å². The Kier molecular flexibility index (Phi) is 5.21. The molecule has 0 N–H and O–H groups in total. The Bertz CT molecular complexity index is 872. The summed E-state index contributed by atoms with van der Waals surface area (Å²) in [6, 6.07) is 7.80. The Morgan fingerprint density at radius 2 is 1.70 bits per heavy atom. The summed E-state index contributed by atoms with van der Waals surface area (Å²) in [5.41, 5.74) is 0.725. The summed E-state index contributed by atoms with van der Waals surface area (Å²) < 4.78 is 4.40. The monoisotopic (exact) mass is 432 g/mol. The van der Waals surface area contributed by atoms with Gasteiger partial charge in [-0.3, -0.25) is 9.36 Å². The molecule has 0 spiro atoms. The van der Waals surface area contributed by atoms with Gasteiger partial charge in [0.05, 0.1) is 0 Å². The van der Waals surface area contributed by atoms with Crippen LogP contribution in [0.25, 0.3) is 0 Å². The maximum atomic E-state index is 12.7. The number of nitrogens with zero attached hydrogens (tertiary/aromatic N) is 4. The van der Waals surface area contributed by atoms with Gasteiger partial charge in [-0.15, -0.1) is 0 Å². The zero-order valence-electron chi connectivity index (χ0n) is 15.6. The summed E-state index contributed by atoms with van der Waals surface area (Å²) in [4.78, 5) is 27.2. The molecular formula is C20H25BrN4O2. The fraction of sp³-hybridized carbons (Fsp3) is 0.550. The van der Waals surface area contributed by atoms with Crippen LogP contribution in [0.3, 0.4) is 0 Å². The van der Waals surface area contributed by atoms with Crippen LogP contribution in [0.15, 0.2) is 33.5 Å². The molecule has 0 atom stereocenters. The smallest absolute Gasteiger partial charge is 0.339 e. The number of carbonyl (C=O) groups excluding carboxylic acids is 1. The minimum atomic E-state index is 0.00488. The van der Waals surface area contributed by atoms with Gasteiger partial charge in [0.15, 0.2) is 0 Å². The number of aromatic nitrogens is 3. The highest BCUT2D eigenvalue weighted by molar-refractivity contribution is 9.10. The lowest BCUT2D eigenvalue weighted by atomic mass is 9.95. The van der Waals surface area contributed by atoms with E-state index in [0.717, 1.165) is 41.5 Å². The van der Waals surface area contributed by atoms with Gasteiger partial charge in [-0.25, -0.2) is 9.48 Å². The van der Waals surface area contributed by atoms with Gasteiger partial charge >= 0.3 is 5.69 Å². The standard InChI is InChI=1S/C20H25BrN4O2/c1-23-20(27)25(17-4-2-3-5-17)18(22-23)14-10-12-24(13-11-14)19(26)15-6-8-16(21)9-7-15/h6-9,14,17H,2-5,10-13H2,1H3. The highest BCUT2D eigenvalue weighted by Gasteiger charge is 2.31. The van der Waals surface area contributed by atoms with Crippen molar-refractivity contribution in [1.29, 1.82) is 0 Å². The molecule has 6 nitrogen and oxygen atoms in total. The molecule has 1 amide bonds. The molecule has 0 bridgehead atoms. The number of carbonyl (C=O) groups is 1. The normalized spacial score (nSPS) is 19.0. The zero-order chi connectivity index (χ0) is 19.0. The molecule has 1 aromatic heterocycles. The van der Waals surface area contributed by atoms with Gasteiger partial charge in [-0.05, 0) is 49.9 Å². The molecule has 144 valence electrons. The van der Waals surface area contributed by atoms with Gasteiger partial charge < -0.3 is 4.90 Å². The first-order valence-electron chi connectivity index (χ1n) is 9.75. The second-order valence-electron chi connectivity index (χ2n) is 7.65. The number of hydrogen-bond acceptors (Lipinski definition) is 3. The fourth-order valence-electron chi connectivity index (χ4n) is 4.40. The molecule has 2 aliphatic rings. The lowest BCUT2D eigenvalue weighted by Crippen LogP contribution is -2.38. The Hall–Kier alpha value is -1.89. The third-order valence-electron chi connectivity index (χ3n) is 5.91. The van der Waals surface area contributed by atoms with Crippen LogP contribution in [0.2, 0.25) is 0 Å². The van der Waals surface area contributed by atoms with Crippen molar-refractivity contribution in [3.05, 3.63) is 50.6 Å². The topological polar surface area (TPSA) is 60.1 Å². The maximum absolute atomic E-state index is 12.7. The van der Waals surface area contributed by atoms with Crippen molar-refractivity contribution in [2.45, 2.75) is 50.5 Å². The predicted octanol–water partition coefficient (Wildman–Crippen LogP) is 3.48. The van der Waals surface area contributed by atoms with Crippen LogP contribution >= 0.6 is 15.9 Å². The molecule has 1 aliphatic heterocycles. The predicted molar refractivity (Wildman–Crippen MR) is 107 cm³/mol. The summed E-state index contributed by atoms with van der Waals surface area (Å²) in [5.74, 6) is 1.24. The molecule has 0 unspecified atom stereocenters. The maximum Gasteiger partial charge on any atom is 0.345 e. The number of benzene rings is 1. The van der Waals surface area contributed by atoms with E-state index < -0.39 is 0 Å². The molecule has 2 fully saturated rings. The van der Waals surface area contributed by atoms with Gasteiger partial charge in [-0.2, -0.15) is 5.10 Å². The lowest BCUT2D eigenvalue weighted by molar-refractivity contribution is 0.0709. The number of rotatable bonds is 3. The molecule has 27 heavy (non-hydrogen) atoms. The molecule has 1 aliphatic carbocycles. The third kappa shape index (κ3) is 3.61. The molecule has 4 rings (SSSR count). The van der Waals surface area contributed by atoms with E-state index in [1.165, 1.54) is 17.5 Å². The number of aryl methyl sites for hydroxylation is 1. The zero-order valence-corrected chi connectivity index (χ0v) is 17.2. The van der Waals surface area contributed by atoms with E-state index in [4.69, 9.17) is 0 Å². The van der Waals surface area contributed by atoms with Crippen LogP contribution in [-0.2, 0) is 7.05 Å². The van der Waals surface area contributed by atoms with Crippen LogP contribution in [0.5, 0.6) is 0 Å². The number of hydrogen-bond donors (Lipinski definition) is 0. The summed E-state index contributed by atoms with van der Waals surface area (Å²) in [5, 5.41) is 4.57. The van der Waals surface area contributed by atoms with E-state index in [9.17, 15) is 9.59 Å². The first-order chi connectivity index (χ1) is 13.0. The van der Waals surface area contributed by atoms with E-state index >= 15 is 0 Å². The molecular weight excluding hydrogens is 408 g/mol. The average Bonchev–Trinajstić information content (AvgIpc) is 3.30. The third-order valence-corrected chi connectivity index (χ3v) is 6.44. The minimum Gasteiger partial charge on any atom is -0.339 e. The van der Waals surface area contributed by atoms with Crippen LogP contribution in [0, 0.1) is 0 Å². The SMILES string of the molecule is Cn1nc(C2CCN(C(=O)c3ccc(Br)cc3)CC2)n(C2CCCC2)c1=O. The van der Waals surface area contributed by atoms with Crippen molar-refractivity contribution < 1.29 is 4.79 Å². The van der Waals surface area contributed by atoms with Gasteiger partial charge in [0.25, 0.3) is 5.91 Å². The number of halogens is 1. The van der Waals surface area contributed by atoms with Crippen LogP contribution in [0.1, 0.15) is 66.7 Å². The van der Waals surface area contributed by atoms with Crippen molar-refractivity contribution in [3.8, 4) is 0 Å². The summed E-state index contributed by atoms with van der Waals surface area (Å²) in [7, 11) is 1.74. The highest BCUT2D eigenvalue weighted by Crippen LogP contribution is 2.33. The molecule has 2 heterocycles. The van der Waals surface area contributed by atoms with Crippen LogP contribution in [0.4, 0.5) is 0 Å². The average molecular weight is 433 g/mol. The Morgan fingerprint density at radius 3 is 2.33 bits per heavy atom. The molecule has 1 saturated heterocycles. The number of likely N-dealkylation sites (tertiary alicyclic amines) is 1. The van der Waals surface area contributed by atoms with Crippen LogP contribution in [-0.4, -0.2) is 38.2 Å². The van der Waals surface area contributed by atoms with Crippen molar-refractivity contribution in [2.75, 3.05) is 13.1 Å². The molecule has 1 aromatic carbocycles. The van der Waals surface area contributed by atoms with Gasteiger partial charge in [-0.1, -0.05) is 28.8 Å². The molecule has 2 aromatic rings. The van der Waals surface area contributed by atoms with Crippen molar-refractivity contribution in [1.82, 2.24) is 19.2 Å². The van der Waals surface area contributed by atoms with E-state index in [2.05, 4.69) is 21.0 Å². The number of piperidine rings is 1. The summed E-state index contributed by atoms with van der Waals surface area (Å²) in [6.45, 7) is 1.41. The Balaban J connectivity index is 1.48. The van der Waals surface area contributed by atoms with Gasteiger partial charge in [0.2, 0.25) is 0 Å². The van der Waals surface area contributed by atoms with Crippen LogP contribution < -0.4 is 5.69 Å². The van der Waals surface area contributed by atoms with E-state index in [-0.39, 0.29) is 17.5 Å². The van der Waals surface area contributed by atoms with Gasteiger partial charge in [0.1, 0.15) is 5.82 Å². The van der Waals surface area contributed by atoms with Crippen molar-refractivity contribution >= 4 is 21.8 Å². The quantitative estimate of drug-likeness (QED) is 0.745. The lowest BCUT2D eigenvalue weighted by Gasteiger charge is -2.32. The van der Waals surface area contributed by atoms with E-state index in [1.807, 2.05) is 33.7 Å². The summed E-state index contributed by atoms with van der Waals surface area (Å²) >= 11 is 3.41. The second-order valence-corrected chi connectivity index (χ2v) is 8.56. The number of amides is 1. The minimum absolute atomic E-state index is 0.00488. The largest absolute Gasteiger partial charge is 0.345 e.